The van der Waals surface area contributed by atoms with Crippen LogP contribution in [-0.2, 0) is 15.4 Å². The zero-order valence-electron chi connectivity index (χ0n) is 15.8. The van der Waals surface area contributed by atoms with Crippen LogP contribution in [0, 0.1) is 0 Å². The zero-order valence-corrected chi connectivity index (χ0v) is 16.6. The summed E-state index contributed by atoms with van der Waals surface area (Å²) in [5.74, 6) is -0.235. The molecule has 26 heavy (non-hydrogen) atoms. The number of amides is 1. The number of hydrogen-bond donors (Lipinski definition) is 2. The van der Waals surface area contributed by atoms with Crippen LogP contribution >= 0.6 is 0 Å². The van der Waals surface area contributed by atoms with Gasteiger partial charge < -0.3 is 5.32 Å². The maximum Gasteiger partial charge on any atom is 0.255 e. The van der Waals surface area contributed by atoms with Crippen LogP contribution in [0.25, 0.3) is 0 Å². The number of nitrogens with one attached hydrogen (secondary N) is 2. The number of carbonyl (C=O) groups excluding carboxylic acids is 1. The standard InChI is InChI=1S/C20H26N2O3S/c1-14(2)22-26(24,25)18-12-10-17(11-13-18)21-19(23)15-6-8-16(9-7-15)20(3,4)5/h6-14,22H,1-5H3,(H,21,23). The SMILES string of the molecule is CC(C)NS(=O)(=O)c1ccc(NC(=O)c2ccc(C(C)(C)C)cc2)cc1. The van der Waals surface area contributed by atoms with E-state index in [2.05, 4.69) is 30.8 Å². The van der Waals surface area contributed by atoms with E-state index in [1.165, 1.54) is 12.1 Å². The fourth-order valence-electron chi connectivity index (χ4n) is 2.42. The molecule has 2 N–H and O–H groups in total. The van der Waals surface area contributed by atoms with Gasteiger partial charge in [0.25, 0.3) is 5.91 Å². The molecule has 1 amide bonds. The molecule has 2 rings (SSSR count). The van der Waals surface area contributed by atoms with Crippen molar-refractivity contribution in [3.05, 3.63) is 59.7 Å². The summed E-state index contributed by atoms with van der Waals surface area (Å²) in [6.45, 7) is 9.87. The Kier molecular flexibility index (Phi) is 5.88. The van der Waals surface area contributed by atoms with E-state index in [1.54, 1.807) is 38.1 Å². The Morgan fingerprint density at radius 1 is 0.923 bits per heavy atom. The summed E-state index contributed by atoms with van der Waals surface area (Å²) in [5.41, 5.74) is 2.27. The highest BCUT2D eigenvalue weighted by molar-refractivity contribution is 7.89. The number of hydrogen-bond acceptors (Lipinski definition) is 3. The summed E-state index contributed by atoms with van der Waals surface area (Å²) in [6, 6.07) is 13.4. The van der Waals surface area contributed by atoms with Crippen molar-refractivity contribution >= 4 is 21.6 Å². The molecule has 6 heteroatoms. The number of benzene rings is 2. The van der Waals surface area contributed by atoms with Gasteiger partial charge in [-0.25, -0.2) is 13.1 Å². The summed E-state index contributed by atoms with van der Waals surface area (Å²) in [7, 11) is -3.54. The minimum atomic E-state index is -3.54. The molecule has 140 valence electrons. The lowest BCUT2D eigenvalue weighted by molar-refractivity contribution is 0.102. The predicted octanol–water partition coefficient (Wildman–Crippen LogP) is 3.92. The Morgan fingerprint density at radius 2 is 1.46 bits per heavy atom. The molecule has 0 aliphatic rings. The number of carbonyl (C=O) groups is 1. The maximum atomic E-state index is 12.4. The van der Waals surface area contributed by atoms with Gasteiger partial charge in [-0.3, -0.25) is 4.79 Å². The van der Waals surface area contributed by atoms with Crippen molar-refractivity contribution in [2.75, 3.05) is 5.32 Å². The molecule has 2 aromatic rings. The quantitative estimate of drug-likeness (QED) is 0.833. The Hall–Kier alpha value is -2.18. The van der Waals surface area contributed by atoms with Gasteiger partial charge >= 0.3 is 0 Å². The van der Waals surface area contributed by atoms with E-state index in [0.717, 1.165) is 5.56 Å². The first-order valence-corrected chi connectivity index (χ1v) is 10.0. The van der Waals surface area contributed by atoms with Crippen molar-refractivity contribution < 1.29 is 13.2 Å². The van der Waals surface area contributed by atoms with Crippen LogP contribution in [0.2, 0.25) is 0 Å². The van der Waals surface area contributed by atoms with Gasteiger partial charge in [0.05, 0.1) is 4.90 Å². The Bertz CT molecular complexity index is 863. The van der Waals surface area contributed by atoms with Gasteiger partial charge in [0.2, 0.25) is 10.0 Å². The van der Waals surface area contributed by atoms with E-state index < -0.39 is 10.0 Å². The van der Waals surface area contributed by atoms with Gasteiger partial charge in [0.15, 0.2) is 0 Å². The zero-order chi connectivity index (χ0) is 19.5. The largest absolute Gasteiger partial charge is 0.322 e. The van der Waals surface area contributed by atoms with Gasteiger partial charge in [0.1, 0.15) is 0 Å². The molecule has 5 nitrogen and oxygen atoms in total. The smallest absolute Gasteiger partial charge is 0.255 e. The molecule has 0 spiro atoms. The van der Waals surface area contributed by atoms with E-state index in [0.29, 0.717) is 11.3 Å². The second-order valence-electron chi connectivity index (χ2n) is 7.58. The molecule has 0 aliphatic heterocycles. The van der Waals surface area contributed by atoms with Gasteiger partial charge in [-0.15, -0.1) is 0 Å². The second kappa shape index (κ2) is 7.60. The Balaban J connectivity index is 2.10. The van der Waals surface area contributed by atoms with E-state index in [9.17, 15) is 13.2 Å². The van der Waals surface area contributed by atoms with Crippen molar-refractivity contribution in [1.29, 1.82) is 0 Å². The van der Waals surface area contributed by atoms with Gasteiger partial charge in [0, 0.05) is 17.3 Å². The average molecular weight is 375 g/mol. The lowest BCUT2D eigenvalue weighted by atomic mass is 9.87. The van der Waals surface area contributed by atoms with Crippen LogP contribution in [-0.4, -0.2) is 20.4 Å². The predicted molar refractivity (Wildman–Crippen MR) is 105 cm³/mol. The normalized spacial score (nSPS) is 12.2. The first kappa shape index (κ1) is 20.1. The van der Waals surface area contributed by atoms with Crippen LogP contribution < -0.4 is 10.0 Å². The van der Waals surface area contributed by atoms with Gasteiger partial charge in [-0.2, -0.15) is 0 Å². The summed E-state index contributed by atoms with van der Waals surface area (Å²) in [4.78, 5) is 12.5. The van der Waals surface area contributed by atoms with E-state index in [4.69, 9.17) is 0 Å². The molecule has 0 aromatic heterocycles. The summed E-state index contributed by atoms with van der Waals surface area (Å²) in [6.07, 6.45) is 0. The number of anilines is 1. The van der Waals surface area contributed by atoms with Crippen molar-refractivity contribution in [3.8, 4) is 0 Å². The first-order chi connectivity index (χ1) is 12.0. The van der Waals surface area contributed by atoms with E-state index in [-0.39, 0.29) is 22.3 Å². The Morgan fingerprint density at radius 3 is 1.92 bits per heavy atom. The first-order valence-electron chi connectivity index (χ1n) is 8.53. The van der Waals surface area contributed by atoms with Crippen LogP contribution in [0.15, 0.2) is 53.4 Å². The number of sulfonamides is 1. The third-order valence-corrected chi connectivity index (χ3v) is 5.50. The van der Waals surface area contributed by atoms with Gasteiger partial charge in [-0.1, -0.05) is 32.9 Å². The third-order valence-electron chi connectivity index (χ3n) is 3.83. The van der Waals surface area contributed by atoms with Crippen molar-refractivity contribution in [3.63, 3.8) is 0 Å². The summed E-state index contributed by atoms with van der Waals surface area (Å²) in [5, 5.41) is 2.78. The summed E-state index contributed by atoms with van der Waals surface area (Å²) >= 11 is 0. The van der Waals surface area contributed by atoms with Crippen LogP contribution in [0.5, 0.6) is 0 Å². The lowest BCUT2D eigenvalue weighted by Gasteiger charge is -2.19. The molecule has 0 saturated carbocycles. The lowest BCUT2D eigenvalue weighted by Crippen LogP contribution is -2.30. The molecule has 0 fully saturated rings. The highest BCUT2D eigenvalue weighted by atomic mass is 32.2. The fourth-order valence-corrected chi connectivity index (χ4v) is 3.67. The van der Waals surface area contributed by atoms with E-state index >= 15 is 0 Å². The Labute approximate surface area is 155 Å². The number of rotatable bonds is 5. The molecule has 0 unspecified atom stereocenters. The molecule has 0 aliphatic carbocycles. The average Bonchev–Trinajstić information content (AvgIpc) is 2.53. The minimum Gasteiger partial charge on any atom is -0.322 e. The molecule has 0 radical (unpaired) electrons. The second-order valence-corrected chi connectivity index (χ2v) is 9.30. The maximum absolute atomic E-state index is 12.4. The third kappa shape index (κ3) is 5.16. The fraction of sp³-hybridized carbons (Fsp3) is 0.350. The molecule has 0 bridgehead atoms. The topological polar surface area (TPSA) is 75.3 Å². The minimum absolute atomic E-state index is 0.0281. The van der Waals surface area contributed by atoms with Crippen LogP contribution in [0.4, 0.5) is 5.69 Å². The molecule has 0 atom stereocenters. The van der Waals surface area contributed by atoms with Crippen LogP contribution in [0.1, 0.15) is 50.5 Å². The molecular formula is C20H26N2O3S. The van der Waals surface area contributed by atoms with Crippen molar-refractivity contribution in [2.45, 2.75) is 51.0 Å². The van der Waals surface area contributed by atoms with Gasteiger partial charge in [-0.05, 0) is 61.2 Å². The van der Waals surface area contributed by atoms with Crippen LogP contribution in [0.3, 0.4) is 0 Å². The highest BCUT2D eigenvalue weighted by Crippen LogP contribution is 2.22. The van der Waals surface area contributed by atoms with Crippen molar-refractivity contribution in [1.82, 2.24) is 4.72 Å². The van der Waals surface area contributed by atoms with Crippen molar-refractivity contribution in [2.24, 2.45) is 0 Å². The highest BCUT2D eigenvalue weighted by Gasteiger charge is 2.16. The van der Waals surface area contributed by atoms with E-state index in [1.807, 2.05) is 12.1 Å². The molecule has 0 saturated heterocycles. The molecular weight excluding hydrogens is 348 g/mol. The monoisotopic (exact) mass is 374 g/mol. The molecule has 2 aromatic carbocycles. The summed E-state index contributed by atoms with van der Waals surface area (Å²) < 4.78 is 26.7. The molecule has 0 heterocycles.